The van der Waals surface area contributed by atoms with Crippen LogP contribution in [-0.4, -0.2) is 27.4 Å². The van der Waals surface area contributed by atoms with Crippen molar-refractivity contribution >= 4 is 17.9 Å². The Morgan fingerprint density at radius 2 is 2.53 bits per heavy atom. The molecule has 0 bridgehead atoms. The number of aromatic nitrogens is 2. The summed E-state index contributed by atoms with van der Waals surface area (Å²) in [6, 6.07) is 0. The van der Waals surface area contributed by atoms with Gasteiger partial charge in [-0.1, -0.05) is 11.6 Å². The minimum atomic E-state index is -0.643. The molecule has 0 aromatic carbocycles. The molecule has 15 heavy (non-hydrogen) atoms. The van der Waals surface area contributed by atoms with Crippen LogP contribution in [0, 0.1) is 10.1 Å². The number of nitrogens with zero attached hydrogens (tertiary/aromatic N) is 3. The first-order chi connectivity index (χ1) is 7.08. The van der Waals surface area contributed by atoms with E-state index in [0.29, 0.717) is 5.69 Å². The van der Waals surface area contributed by atoms with Gasteiger partial charge >= 0.3 is 5.95 Å². The lowest BCUT2D eigenvalue weighted by Crippen LogP contribution is -2.23. The lowest BCUT2D eigenvalue weighted by Gasteiger charge is -1.99. The van der Waals surface area contributed by atoms with Gasteiger partial charge in [-0.15, -0.1) is 0 Å². The number of carbonyl (C=O) groups is 1. The minimum absolute atomic E-state index is 0.131. The highest BCUT2D eigenvalue weighted by Gasteiger charge is 2.19. The lowest BCUT2D eigenvalue weighted by atomic mass is 10.5. The topological polar surface area (TPSA) is 90.1 Å². The zero-order chi connectivity index (χ0) is 11.4. The standard InChI is InChI=1S/C8H10N4O3/c1-3-6-4-11(5-7(13)9-2)8(10-6)12(14)15/h3-4H,1,5H2,2H3,(H,9,13). The van der Waals surface area contributed by atoms with Gasteiger partial charge in [-0.25, -0.2) is 4.57 Å². The highest BCUT2D eigenvalue weighted by atomic mass is 16.6. The average molecular weight is 210 g/mol. The molecule has 0 fully saturated rings. The maximum Gasteiger partial charge on any atom is 0.435 e. The summed E-state index contributed by atoms with van der Waals surface area (Å²) in [5.41, 5.74) is 0.366. The number of imidazole rings is 1. The number of nitro groups is 1. The molecule has 1 heterocycles. The van der Waals surface area contributed by atoms with E-state index in [0.717, 1.165) is 4.57 Å². The fourth-order valence-corrected chi connectivity index (χ4v) is 1.02. The maximum absolute atomic E-state index is 11.0. The molecular formula is C8H10N4O3. The van der Waals surface area contributed by atoms with Crippen molar-refractivity contribution < 1.29 is 9.72 Å². The van der Waals surface area contributed by atoms with Gasteiger partial charge < -0.3 is 15.4 Å². The normalized spacial score (nSPS) is 9.67. The molecule has 0 aliphatic carbocycles. The number of amides is 1. The molecule has 0 saturated heterocycles. The van der Waals surface area contributed by atoms with Gasteiger partial charge in [-0.3, -0.25) is 4.79 Å². The van der Waals surface area contributed by atoms with E-state index in [1.165, 1.54) is 19.3 Å². The van der Waals surface area contributed by atoms with Crippen LogP contribution in [0.3, 0.4) is 0 Å². The van der Waals surface area contributed by atoms with Crippen molar-refractivity contribution in [1.82, 2.24) is 14.9 Å². The molecule has 0 unspecified atom stereocenters. The summed E-state index contributed by atoms with van der Waals surface area (Å²) in [5, 5.41) is 12.9. The highest BCUT2D eigenvalue weighted by molar-refractivity contribution is 5.75. The maximum atomic E-state index is 11.0. The molecule has 1 aromatic rings. The van der Waals surface area contributed by atoms with Crippen LogP contribution in [0.1, 0.15) is 5.69 Å². The second-order valence-electron chi connectivity index (χ2n) is 2.73. The molecule has 80 valence electrons. The molecule has 7 nitrogen and oxygen atoms in total. The van der Waals surface area contributed by atoms with E-state index < -0.39 is 4.92 Å². The van der Waals surface area contributed by atoms with Crippen LogP contribution in [0.25, 0.3) is 6.08 Å². The summed E-state index contributed by atoms with van der Waals surface area (Å²) >= 11 is 0. The number of rotatable bonds is 4. The van der Waals surface area contributed by atoms with Gasteiger partial charge in [0.05, 0.1) is 0 Å². The Labute approximate surface area is 85.6 Å². The van der Waals surface area contributed by atoms with Crippen molar-refractivity contribution in [3.8, 4) is 0 Å². The quantitative estimate of drug-likeness (QED) is 0.567. The molecule has 1 amide bonds. The number of carbonyl (C=O) groups excluding carboxylic acids is 1. The summed E-state index contributed by atoms with van der Waals surface area (Å²) in [7, 11) is 1.46. The highest BCUT2D eigenvalue weighted by Crippen LogP contribution is 2.12. The molecule has 0 saturated carbocycles. The fraction of sp³-hybridized carbons (Fsp3) is 0.250. The monoisotopic (exact) mass is 210 g/mol. The Kier molecular flexibility index (Phi) is 3.17. The van der Waals surface area contributed by atoms with Crippen LogP contribution in [0.5, 0.6) is 0 Å². The van der Waals surface area contributed by atoms with Crippen LogP contribution >= 0.6 is 0 Å². The smallest absolute Gasteiger partial charge is 0.390 e. The molecule has 0 radical (unpaired) electrons. The van der Waals surface area contributed by atoms with Crippen LogP contribution in [-0.2, 0) is 11.3 Å². The largest absolute Gasteiger partial charge is 0.435 e. The average Bonchev–Trinajstić information content (AvgIpc) is 2.61. The molecule has 0 atom stereocenters. The van der Waals surface area contributed by atoms with Gasteiger partial charge in [-0.2, -0.15) is 0 Å². The molecule has 0 aliphatic rings. The Morgan fingerprint density at radius 3 is 3.00 bits per heavy atom. The summed E-state index contributed by atoms with van der Waals surface area (Å²) in [6.07, 6.45) is 2.79. The van der Waals surface area contributed by atoms with E-state index in [4.69, 9.17) is 0 Å². The molecule has 0 spiro atoms. The first kappa shape index (κ1) is 10.9. The third-order valence-electron chi connectivity index (χ3n) is 1.74. The van der Waals surface area contributed by atoms with Gasteiger partial charge in [0.2, 0.25) is 0 Å². The summed E-state index contributed by atoms with van der Waals surface area (Å²) in [4.78, 5) is 24.7. The SMILES string of the molecule is C=Cc1cn(CC(=O)NC)c([N+](=O)[O-])n1. The third-order valence-corrected chi connectivity index (χ3v) is 1.74. The zero-order valence-electron chi connectivity index (χ0n) is 8.14. The van der Waals surface area contributed by atoms with Crippen LogP contribution in [0.2, 0.25) is 0 Å². The molecule has 0 aliphatic heterocycles. The van der Waals surface area contributed by atoms with Crippen molar-refractivity contribution in [2.45, 2.75) is 6.54 Å². The van der Waals surface area contributed by atoms with E-state index in [9.17, 15) is 14.9 Å². The number of nitrogens with one attached hydrogen (secondary N) is 1. The van der Waals surface area contributed by atoms with E-state index in [1.54, 1.807) is 0 Å². The predicted octanol–water partition coefficient (Wildman–Crippen LogP) is 0.180. The van der Waals surface area contributed by atoms with E-state index in [1.807, 2.05) is 0 Å². The Bertz CT molecular complexity index is 410. The van der Waals surface area contributed by atoms with Crippen molar-refractivity contribution in [3.05, 3.63) is 28.6 Å². The van der Waals surface area contributed by atoms with Gasteiger partial charge in [0.25, 0.3) is 5.91 Å². The zero-order valence-corrected chi connectivity index (χ0v) is 8.14. The van der Waals surface area contributed by atoms with Crippen molar-refractivity contribution in [2.75, 3.05) is 7.05 Å². The van der Waals surface area contributed by atoms with Crippen molar-refractivity contribution in [3.63, 3.8) is 0 Å². The van der Waals surface area contributed by atoms with E-state index in [-0.39, 0.29) is 18.4 Å². The third kappa shape index (κ3) is 2.39. The van der Waals surface area contributed by atoms with Crippen molar-refractivity contribution in [1.29, 1.82) is 0 Å². The molecular weight excluding hydrogens is 200 g/mol. The number of likely N-dealkylation sites (N-methyl/N-ethyl adjacent to an activating group) is 1. The lowest BCUT2D eigenvalue weighted by molar-refractivity contribution is -0.396. The van der Waals surface area contributed by atoms with E-state index >= 15 is 0 Å². The van der Waals surface area contributed by atoms with Crippen molar-refractivity contribution in [2.24, 2.45) is 0 Å². The van der Waals surface area contributed by atoms with Gasteiger partial charge in [-0.05, 0) is 11.0 Å². The Hall–Kier alpha value is -2.18. The first-order valence-corrected chi connectivity index (χ1v) is 4.13. The molecule has 7 heteroatoms. The minimum Gasteiger partial charge on any atom is -0.390 e. The molecule has 1 rings (SSSR count). The predicted molar refractivity (Wildman–Crippen MR) is 53.0 cm³/mol. The molecule has 1 aromatic heterocycles. The van der Waals surface area contributed by atoms with Crippen LogP contribution in [0.4, 0.5) is 5.95 Å². The van der Waals surface area contributed by atoms with Crippen LogP contribution < -0.4 is 5.32 Å². The Balaban J connectivity index is 3.03. The van der Waals surface area contributed by atoms with Gasteiger partial charge in [0, 0.05) is 7.05 Å². The Morgan fingerprint density at radius 1 is 1.87 bits per heavy atom. The summed E-state index contributed by atoms with van der Waals surface area (Å²) in [6.45, 7) is 3.31. The molecule has 1 N–H and O–H groups in total. The first-order valence-electron chi connectivity index (χ1n) is 4.13. The van der Waals surface area contributed by atoms with Crippen LogP contribution in [0.15, 0.2) is 12.8 Å². The summed E-state index contributed by atoms with van der Waals surface area (Å²) < 4.78 is 1.16. The second-order valence-corrected chi connectivity index (χ2v) is 2.73. The van der Waals surface area contributed by atoms with Gasteiger partial charge in [0.1, 0.15) is 6.20 Å². The second kappa shape index (κ2) is 4.36. The number of hydrogen-bond donors (Lipinski definition) is 1. The summed E-state index contributed by atoms with van der Waals surface area (Å²) in [5.74, 6) is -0.695. The van der Waals surface area contributed by atoms with E-state index in [2.05, 4.69) is 16.9 Å². The fourth-order valence-electron chi connectivity index (χ4n) is 1.02. The van der Waals surface area contributed by atoms with Gasteiger partial charge in [0.15, 0.2) is 12.2 Å². The number of hydrogen-bond acceptors (Lipinski definition) is 4.